The van der Waals surface area contributed by atoms with E-state index in [2.05, 4.69) is 5.32 Å². The van der Waals surface area contributed by atoms with Gasteiger partial charge in [0.1, 0.15) is 11.9 Å². The van der Waals surface area contributed by atoms with Crippen LogP contribution in [0.25, 0.3) is 11.0 Å². The molecule has 1 atom stereocenters. The summed E-state index contributed by atoms with van der Waals surface area (Å²) in [6.07, 6.45) is 0.0477. The monoisotopic (exact) mass is 496 g/mol. The highest BCUT2D eigenvalue weighted by molar-refractivity contribution is 6.32. The summed E-state index contributed by atoms with van der Waals surface area (Å²) in [4.78, 5) is 30.3. The zero-order valence-corrected chi connectivity index (χ0v) is 19.8. The molecule has 0 bridgehead atoms. The normalized spacial score (nSPS) is 15.6. The van der Waals surface area contributed by atoms with Gasteiger partial charge in [-0.2, -0.15) is 0 Å². The Hall–Kier alpha value is -3.42. The molecule has 1 aromatic heterocycles. The molecule has 1 N–H and O–H groups in total. The Kier molecular flexibility index (Phi) is 5.54. The first-order chi connectivity index (χ1) is 16.2. The molecule has 0 saturated carbocycles. The van der Waals surface area contributed by atoms with Crippen molar-refractivity contribution >= 4 is 51.5 Å². The quantitative estimate of drug-likeness (QED) is 0.445. The molecule has 0 aliphatic carbocycles. The molecule has 5 rings (SSSR count). The van der Waals surface area contributed by atoms with E-state index in [1.165, 1.54) is 6.07 Å². The lowest BCUT2D eigenvalue weighted by Crippen LogP contribution is -2.28. The molecule has 6 nitrogen and oxygen atoms in total. The predicted molar refractivity (Wildman–Crippen MR) is 133 cm³/mol. The number of hydrogen-bond donors (Lipinski definition) is 1. The van der Waals surface area contributed by atoms with Gasteiger partial charge in [0.2, 0.25) is 5.91 Å². The van der Waals surface area contributed by atoms with Crippen LogP contribution in [0, 0.1) is 5.82 Å². The summed E-state index contributed by atoms with van der Waals surface area (Å²) in [5, 5.41) is 3.65. The molecule has 172 valence electrons. The molecule has 3 aromatic carbocycles. The van der Waals surface area contributed by atoms with Crippen LogP contribution in [-0.2, 0) is 25.3 Å². The highest BCUT2D eigenvalue weighted by Crippen LogP contribution is 2.29. The van der Waals surface area contributed by atoms with Crippen LogP contribution < -0.4 is 11.0 Å². The summed E-state index contributed by atoms with van der Waals surface area (Å²) >= 11 is 12.2. The molecule has 0 saturated heterocycles. The standard InChI is InChI=1S/C25H19Cl2FN4O2/c1-31-21-8-4-14(10-22(21)32(2)25(31)34)23-17-11-15(26)6-7-19(17)30-24(33)20(29-23)9-13-3-5-16(27)12-18(13)28/h3-8,10-12,20H,9H2,1-2H3,(H,30,33)/t20-/m1/s1. The Morgan fingerprint density at radius 3 is 2.41 bits per heavy atom. The fourth-order valence-electron chi connectivity index (χ4n) is 4.24. The van der Waals surface area contributed by atoms with Crippen molar-refractivity contribution in [2.45, 2.75) is 12.5 Å². The van der Waals surface area contributed by atoms with Gasteiger partial charge in [-0.05, 0) is 48.0 Å². The number of nitrogens with zero attached hydrogens (tertiary/aromatic N) is 3. The number of carbonyl (C=O) groups excluding carboxylic acids is 1. The van der Waals surface area contributed by atoms with Gasteiger partial charge in [0.15, 0.2) is 0 Å². The SMILES string of the molecule is Cn1c(=O)n(C)c2cc(C3=N[C@H](Cc4ccc(Cl)cc4F)C(=O)Nc4ccc(Cl)cc43)ccc21. The number of aliphatic imine (C=N–C) groups is 1. The van der Waals surface area contributed by atoms with Crippen LogP contribution in [0.4, 0.5) is 10.1 Å². The van der Waals surface area contributed by atoms with Crippen molar-refractivity contribution in [3.8, 4) is 0 Å². The van der Waals surface area contributed by atoms with Gasteiger partial charge >= 0.3 is 5.69 Å². The van der Waals surface area contributed by atoms with E-state index in [-0.39, 0.29) is 23.0 Å². The maximum Gasteiger partial charge on any atom is 0.328 e. The Balaban J connectivity index is 1.69. The minimum atomic E-state index is -0.896. The largest absolute Gasteiger partial charge is 0.328 e. The van der Waals surface area contributed by atoms with E-state index in [1.807, 2.05) is 18.2 Å². The third-order valence-electron chi connectivity index (χ3n) is 6.06. The molecule has 1 aliphatic rings. The second-order valence-electron chi connectivity index (χ2n) is 8.22. The second kappa shape index (κ2) is 8.42. The smallest absolute Gasteiger partial charge is 0.324 e. The fourth-order valence-corrected chi connectivity index (χ4v) is 4.57. The molecule has 1 aliphatic heterocycles. The molecule has 9 heteroatoms. The van der Waals surface area contributed by atoms with Gasteiger partial charge in [-0.3, -0.25) is 18.9 Å². The lowest BCUT2D eigenvalue weighted by molar-refractivity contribution is -0.117. The maximum atomic E-state index is 14.5. The van der Waals surface area contributed by atoms with Crippen molar-refractivity contribution in [1.82, 2.24) is 9.13 Å². The molecule has 1 amide bonds. The van der Waals surface area contributed by atoms with Crippen molar-refractivity contribution in [3.63, 3.8) is 0 Å². The third kappa shape index (κ3) is 3.81. The number of benzene rings is 3. The van der Waals surface area contributed by atoms with Crippen LogP contribution in [0.3, 0.4) is 0 Å². The molecule has 4 aromatic rings. The van der Waals surface area contributed by atoms with Crippen molar-refractivity contribution < 1.29 is 9.18 Å². The summed E-state index contributed by atoms with van der Waals surface area (Å²) in [5.41, 5.74) is 4.09. The summed E-state index contributed by atoms with van der Waals surface area (Å²) < 4.78 is 17.6. The van der Waals surface area contributed by atoms with Crippen LogP contribution in [0.15, 0.2) is 64.4 Å². The average Bonchev–Trinajstić information content (AvgIpc) is 2.94. The van der Waals surface area contributed by atoms with E-state index < -0.39 is 11.9 Å². The summed E-state index contributed by atoms with van der Waals surface area (Å²) in [7, 11) is 3.41. The zero-order chi connectivity index (χ0) is 24.1. The molecule has 0 spiro atoms. The number of benzodiazepines with no additional fused rings is 1. The van der Waals surface area contributed by atoms with E-state index in [9.17, 15) is 14.0 Å². The van der Waals surface area contributed by atoms with Crippen LogP contribution in [-0.4, -0.2) is 26.8 Å². The second-order valence-corrected chi connectivity index (χ2v) is 9.09. The summed E-state index contributed by atoms with van der Waals surface area (Å²) in [6, 6.07) is 14.1. The molecule has 0 radical (unpaired) electrons. The highest BCUT2D eigenvalue weighted by atomic mass is 35.5. The first kappa shape index (κ1) is 22.4. The summed E-state index contributed by atoms with van der Waals surface area (Å²) in [6.45, 7) is 0. The minimum Gasteiger partial charge on any atom is -0.324 e. The van der Waals surface area contributed by atoms with Crippen molar-refractivity contribution in [2.75, 3.05) is 5.32 Å². The van der Waals surface area contributed by atoms with Gasteiger partial charge in [-0.15, -0.1) is 0 Å². The number of fused-ring (bicyclic) bond motifs is 2. The Morgan fingerprint density at radius 1 is 0.941 bits per heavy atom. The number of carbonyl (C=O) groups is 1. The molecule has 34 heavy (non-hydrogen) atoms. The minimum absolute atomic E-state index is 0.0477. The number of imidazole rings is 1. The number of hydrogen-bond acceptors (Lipinski definition) is 3. The van der Waals surface area contributed by atoms with Crippen LogP contribution in [0.1, 0.15) is 16.7 Å². The molecular formula is C25H19Cl2FN4O2. The number of rotatable bonds is 3. The highest BCUT2D eigenvalue weighted by Gasteiger charge is 2.27. The molecule has 0 unspecified atom stereocenters. The van der Waals surface area contributed by atoms with E-state index >= 15 is 0 Å². The number of nitrogens with one attached hydrogen (secondary N) is 1. The first-order valence-corrected chi connectivity index (χ1v) is 11.3. The van der Waals surface area contributed by atoms with Gasteiger partial charge in [0.25, 0.3) is 0 Å². The van der Waals surface area contributed by atoms with Crippen LogP contribution >= 0.6 is 23.2 Å². The number of aromatic nitrogens is 2. The number of aryl methyl sites for hydroxylation is 2. The molecule has 0 fully saturated rings. The molecule has 2 heterocycles. The van der Waals surface area contributed by atoms with E-state index in [0.717, 1.165) is 11.0 Å². The number of amides is 1. The van der Waals surface area contributed by atoms with Crippen molar-refractivity contribution in [3.05, 3.63) is 97.6 Å². The van der Waals surface area contributed by atoms with Gasteiger partial charge in [0.05, 0.1) is 22.4 Å². The number of halogens is 3. The van der Waals surface area contributed by atoms with Crippen molar-refractivity contribution in [1.29, 1.82) is 0 Å². The van der Waals surface area contributed by atoms with E-state index in [0.29, 0.717) is 33.1 Å². The summed E-state index contributed by atoms with van der Waals surface area (Å²) in [5.74, 6) is -0.858. The van der Waals surface area contributed by atoms with Gasteiger partial charge in [-0.1, -0.05) is 35.3 Å². The van der Waals surface area contributed by atoms with Crippen LogP contribution in [0.5, 0.6) is 0 Å². The van der Waals surface area contributed by atoms with E-state index in [1.54, 1.807) is 53.6 Å². The Bertz CT molecular complexity index is 1570. The molecular weight excluding hydrogens is 478 g/mol. The van der Waals surface area contributed by atoms with Gasteiger partial charge < -0.3 is 5.32 Å². The number of anilines is 1. The van der Waals surface area contributed by atoms with Gasteiger partial charge in [-0.25, -0.2) is 9.18 Å². The van der Waals surface area contributed by atoms with E-state index in [4.69, 9.17) is 28.2 Å². The Morgan fingerprint density at radius 2 is 1.65 bits per heavy atom. The lowest BCUT2D eigenvalue weighted by Gasteiger charge is -2.12. The lowest BCUT2D eigenvalue weighted by atomic mass is 9.99. The third-order valence-corrected chi connectivity index (χ3v) is 6.53. The van der Waals surface area contributed by atoms with Gasteiger partial charge in [0, 0.05) is 41.7 Å². The fraction of sp³-hybridized carbons (Fsp3) is 0.160. The average molecular weight is 497 g/mol. The first-order valence-electron chi connectivity index (χ1n) is 10.5. The van der Waals surface area contributed by atoms with Crippen molar-refractivity contribution in [2.24, 2.45) is 19.1 Å². The predicted octanol–water partition coefficient (Wildman–Crippen LogP) is 4.72. The maximum absolute atomic E-state index is 14.5. The van der Waals surface area contributed by atoms with Crippen LogP contribution in [0.2, 0.25) is 10.0 Å². The Labute approximate surface area is 204 Å². The topological polar surface area (TPSA) is 68.4 Å². The zero-order valence-electron chi connectivity index (χ0n) is 18.3.